The lowest BCUT2D eigenvalue weighted by atomic mass is 10.1. The summed E-state index contributed by atoms with van der Waals surface area (Å²) in [7, 11) is 1.66. The third-order valence-corrected chi connectivity index (χ3v) is 6.31. The lowest BCUT2D eigenvalue weighted by molar-refractivity contribution is -0.915. The van der Waals surface area contributed by atoms with Crippen LogP contribution < -0.4 is 19.4 Å². The fourth-order valence-electron chi connectivity index (χ4n) is 4.18. The van der Waals surface area contributed by atoms with Crippen molar-refractivity contribution in [3.63, 3.8) is 0 Å². The molecule has 0 spiro atoms. The van der Waals surface area contributed by atoms with Crippen LogP contribution in [0.1, 0.15) is 12.0 Å². The quantitative estimate of drug-likeness (QED) is 0.774. The van der Waals surface area contributed by atoms with Gasteiger partial charge in [-0.1, -0.05) is 11.6 Å². The molecule has 0 radical (unpaired) electrons. The monoisotopic (exact) mass is 414 g/mol. The number of rotatable bonds is 4. The second-order valence-corrected chi connectivity index (χ2v) is 8.01. The molecule has 2 amide bonds. The van der Waals surface area contributed by atoms with Gasteiger partial charge in [0.1, 0.15) is 5.75 Å². The maximum absolute atomic E-state index is 13.1. The molecule has 0 aromatic heterocycles. The number of carbonyl (C=O) groups excluding carboxylic acids is 2. The Bertz CT molecular complexity index is 923. The zero-order chi connectivity index (χ0) is 20.5. The van der Waals surface area contributed by atoms with Gasteiger partial charge >= 0.3 is 0 Å². The van der Waals surface area contributed by atoms with E-state index in [1.54, 1.807) is 25.3 Å². The Kier molecular flexibility index (Phi) is 5.48. The second kappa shape index (κ2) is 8.05. The van der Waals surface area contributed by atoms with Gasteiger partial charge in [0.25, 0.3) is 5.91 Å². The third kappa shape index (κ3) is 3.82. The average Bonchev–Trinajstić information content (AvgIpc) is 3.04. The molecular formula is C22H25ClN3O3+. The minimum absolute atomic E-state index is 0.107. The molecule has 2 saturated heterocycles. The van der Waals surface area contributed by atoms with E-state index in [0.29, 0.717) is 10.7 Å². The molecule has 0 aliphatic carbocycles. The van der Waals surface area contributed by atoms with Crippen LogP contribution in [0.2, 0.25) is 5.02 Å². The summed E-state index contributed by atoms with van der Waals surface area (Å²) in [6, 6.07) is 13.0. The molecule has 2 fully saturated rings. The summed E-state index contributed by atoms with van der Waals surface area (Å²) in [6.07, 6.45) is 0.262. The molecular weight excluding hydrogens is 390 g/mol. The predicted molar refractivity (Wildman–Crippen MR) is 113 cm³/mol. The van der Waals surface area contributed by atoms with Gasteiger partial charge in [-0.25, -0.2) is 4.90 Å². The van der Waals surface area contributed by atoms with Gasteiger partial charge in [-0.2, -0.15) is 0 Å². The highest BCUT2D eigenvalue weighted by atomic mass is 35.5. The maximum Gasteiger partial charge on any atom is 0.292 e. The standard InChI is InChI=1S/C22H24ClN3O3/c1-15-13-17(5-8-19(15)23)26-21(27)14-20(22(26)28)25-11-9-24(10-12-25)16-3-6-18(29-2)7-4-16/h3-8,13,20H,9-12,14H2,1-2H3/p+1/t20-/m1/s1. The van der Waals surface area contributed by atoms with Gasteiger partial charge in [0.15, 0.2) is 6.04 Å². The summed E-state index contributed by atoms with van der Waals surface area (Å²) in [4.78, 5) is 30.5. The number of aryl methyl sites for hydroxylation is 1. The van der Waals surface area contributed by atoms with Gasteiger partial charge < -0.3 is 14.5 Å². The van der Waals surface area contributed by atoms with Gasteiger partial charge in [0, 0.05) is 10.7 Å². The van der Waals surface area contributed by atoms with Crippen LogP contribution >= 0.6 is 11.6 Å². The van der Waals surface area contributed by atoms with E-state index < -0.39 is 0 Å². The first-order valence-corrected chi connectivity index (χ1v) is 10.2. The largest absolute Gasteiger partial charge is 0.497 e. The highest BCUT2D eigenvalue weighted by Crippen LogP contribution is 2.26. The molecule has 0 unspecified atom stereocenters. The first kappa shape index (κ1) is 19.7. The minimum atomic E-state index is -0.309. The Morgan fingerprint density at radius 1 is 1.03 bits per heavy atom. The van der Waals surface area contributed by atoms with Crippen LogP contribution in [0.15, 0.2) is 42.5 Å². The first-order valence-electron chi connectivity index (χ1n) is 9.84. The number of carbonyl (C=O) groups is 2. The van der Waals surface area contributed by atoms with Crippen molar-refractivity contribution in [3.05, 3.63) is 53.1 Å². The number of halogens is 1. The van der Waals surface area contributed by atoms with Crippen LogP contribution in [-0.2, 0) is 9.59 Å². The number of nitrogens with one attached hydrogen (secondary N) is 1. The van der Waals surface area contributed by atoms with Crippen LogP contribution in [0, 0.1) is 6.92 Å². The zero-order valence-corrected chi connectivity index (χ0v) is 17.4. The van der Waals surface area contributed by atoms with Gasteiger partial charge in [0.2, 0.25) is 5.91 Å². The SMILES string of the molecule is COc1ccc(N2CC[NH+]([C@@H]3CC(=O)N(c4ccc(Cl)c(C)c4)C3=O)CC2)cc1. The van der Waals surface area contributed by atoms with Crippen LogP contribution in [0.25, 0.3) is 0 Å². The molecule has 0 bridgehead atoms. The molecule has 1 N–H and O–H groups in total. The van der Waals surface area contributed by atoms with E-state index in [2.05, 4.69) is 17.0 Å². The number of imide groups is 1. The van der Waals surface area contributed by atoms with E-state index in [1.807, 2.05) is 19.1 Å². The van der Waals surface area contributed by atoms with E-state index in [4.69, 9.17) is 16.3 Å². The third-order valence-electron chi connectivity index (χ3n) is 5.88. The number of hydrogen-bond acceptors (Lipinski definition) is 4. The molecule has 4 rings (SSSR count). The Labute approximate surface area is 175 Å². The number of quaternary nitrogens is 1. The van der Waals surface area contributed by atoms with Crippen molar-refractivity contribution in [2.45, 2.75) is 19.4 Å². The normalized spacial score (nSPS) is 20.4. The van der Waals surface area contributed by atoms with Crippen molar-refractivity contribution in [2.24, 2.45) is 0 Å². The number of amides is 2. The van der Waals surface area contributed by atoms with E-state index >= 15 is 0 Å². The van der Waals surface area contributed by atoms with Crippen molar-refractivity contribution in [2.75, 3.05) is 43.1 Å². The fourth-order valence-corrected chi connectivity index (χ4v) is 4.30. The van der Waals surface area contributed by atoms with E-state index in [9.17, 15) is 9.59 Å². The van der Waals surface area contributed by atoms with Crippen molar-refractivity contribution in [1.29, 1.82) is 0 Å². The summed E-state index contributed by atoms with van der Waals surface area (Å²) in [6.45, 7) is 5.21. The number of methoxy groups -OCH3 is 1. The molecule has 0 saturated carbocycles. The van der Waals surface area contributed by atoms with Crippen LogP contribution in [0.5, 0.6) is 5.75 Å². The highest BCUT2D eigenvalue weighted by molar-refractivity contribution is 6.31. The van der Waals surface area contributed by atoms with Gasteiger partial charge in [0.05, 0.1) is 45.4 Å². The highest BCUT2D eigenvalue weighted by Gasteiger charge is 2.46. The Morgan fingerprint density at radius 2 is 1.69 bits per heavy atom. The fraction of sp³-hybridized carbons (Fsp3) is 0.364. The molecule has 2 aliphatic rings. The molecule has 2 heterocycles. The zero-order valence-electron chi connectivity index (χ0n) is 16.7. The van der Waals surface area contributed by atoms with Crippen molar-refractivity contribution in [1.82, 2.24) is 0 Å². The van der Waals surface area contributed by atoms with Gasteiger partial charge in [-0.05, 0) is 55.0 Å². The molecule has 7 heteroatoms. The molecule has 2 aromatic rings. The smallest absolute Gasteiger partial charge is 0.292 e. The van der Waals surface area contributed by atoms with Crippen LogP contribution in [0.3, 0.4) is 0 Å². The van der Waals surface area contributed by atoms with Gasteiger partial charge in [-0.15, -0.1) is 0 Å². The van der Waals surface area contributed by atoms with Gasteiger partial charge in [-0.3, -0.25) is 9.59 Å². The first-order chi connectivity index (χ1) is 14.0. The van der Waals surface area contributed by atoms with Crippen molar-refractivity contribution in [3.8, 4) is 5.75 Å². The molecule has 29 heavy (non-hydrogen) atoms. The average molecular weight is 415 g/mol. The Hall–Kier alpha value is -2.57. The van der Waals surface area contributed by atoms with Crippen LogP contribution in [-0.4, -0.2) is 51.1 Å². The number of hydrogen-bond donors (Lipinski definition) is 1. The maximum atomic E-state index is 13.1. The summed E-state index contributed by atoms with van der Waals surface area (Å²) in [5, 5.41) is 0.629. The lowest BCUT2D eigenvalue weighted by Crippen LogP contribution is -3.19. The van der Waals surface area contributed by atoms with Crippen molar-refractivity contribution < 1.29 is 19.2 Å². The molecule has 2 aliphatic heterocycles. The number of piperazine rings is 1. The molecule has 2 aromatic carbocycles. The molecule has 152 valence electrons. The van der Waals surface area contributed by atoms with Crippen molar-refractivity contribution >= 4 is 34.8 Å². The summed E-state index contributed by atoms with van der Waals surface area (Å²) >= 11 is 6.09. The molecule has 6 nitrogen and oxygen atoms in total. The minimum Gasteiger partial charge on any atom is -0.497 e. The predicted octanol–water partition coefficient (Wildman–Crippen LogP) is 1.69. The number of anilines is 2. The van der Waals surface area contributed by atoms with E-state index in [0.717, 1.165) is 43.2 Å². The summed E-state index contributed by atoms with van der Waals surface area (Å²) < 4.78 is 5.22. The topological polar surface area (TPSA) is 54.3 Å². The lowest BCUT2D eigenvalue weighted by Gasteiger charge is -2.35. The molecule has 1 atom stereocenters. The summed E-state index contributed by atoms with van der Waals surface area (Å²) in [5.74, 6) is 0.599. The van der Waals surface area contributed by atoms with E-state index in [-0.39, 0.29) is 24.3 Å². The number of nitrogens with zero attached hydrogens (tertiary/aromatic N) is 2. The summed E-state index contributed by atoms with van der Waals surface area (Å²) in [5.41, 5.74) is 2.62. The Morgan fingerprint density at radius 3 is 2.31 bits per heavy atom. The Balaban J connectivity index is 1.42. The number of benzene rings is 2. The van der Waals surface area contributed by atoms with E-state index in [1.165, 1.54) is 9.80 Å². The van der Waals surface area contributed by atoms with Crippen LogP contribution in [0.4, 0.5) is 11.4 Å². The second-order valence-electron chi connectivity index (χ2n) is 7.60. The number of ether oxygens (including phenoxy) is 1.